The van der Waals surface area contributed by atoms with Crippen molar-refractivity contribution in [3.63, 3.8) is 0 Å². The van der Waals surface area contributed by atoms with E-state index in [9.17, 15) is 9.59 Å². The summed E-state index contributed by atoms with van der Waals surface area (Å²) in [5, 5.41) is 2.62. The van der Waals surface area contributed by atoms with Crippen molar-refractivity contribution < 1.29 is 19.1 Å². The summed E-state index contributed by atoms with van der Waals surface area (Å²) >= 11 is 0. The minimum atomic E-state index is -0.629. The summed E-state index contributed by atoms with van der Waals surface area (Å²) in [6, 6.07) is -0.629. The zero-order valence-electron chi connectivity index (χ0n) is 20.3. The van der Waals surface area contributed by atoms with Crippen molar-refractivity contribution in [2.24, 2.45) is 5.92 Å². The molecule has 0 rings (SSSR count). The first-order valence-corrected chi connectivity index (χ1v) is 12.6. The summed E-state index contributed by atoms with van der Waals surface area (Å²) in [5.41, 5.74) is 0. The Balaban J connectivity index is 3.62. The van der Waals surface area contributed by atoms with Crippen molar-refractivity contribution in [3.05, 3.63) is 0 Å². The van der Waals surface area contributed by atoms with E-state index in [1.807, 2.05) is 13.8 Å². The molecule has 0 fully saturated rings. The molecule has 178 valence electrons. The van der Waals surface area contributed by atoms with Crippen LogP contribution in [-0.4, -0.2) is 31.3 Å². The van der Waals surface area contributed by atoms with Crippen LogP contribution in [0.5, 0.6) is 0 Å². The second kappa shape index (κ2) is 21.0. The number of ether oxygens (including phenoxy) is 2. The lowest BCUT2D eigenvalue weighted by Crippen LogP contribution is -2.43. The van der Waals surface area contributed by atoms with E-state index >= 15 is 0 Å². The van der Waals surface area contributed by atoms with E-state index in [1.54, 1.807) is 6.92 Å². The Bertz CT molecular complexity index is 412. The number of carbonyl (C=O) groups is 2. The maximum atomic E-state index is 12.3. The minimum Gasteiger partial charge on any atom is -0.464 e. The van der Waals surface area contributed by atoms with Crippen LogP contribution in [0.25, 0.3) is 0 Å². The predicted molar refractivity (Wildman–Crippen MR) is 125 cm³/mol. The van der Waals surface area contributed by atoms with Gasteiger partial charge in [-0.25, -0.2) is 9.59 Å². The van der Waals surface area contributed by atoms with Gasteiger partial charge in [0.1, 0.15) is 6.04 Å². The quantitative estimate of drug-likeness (QED) is 0.165. The van der Waals surface area contributed by atoms with Gasteiger partial charge in [0.25, 0.3) is 0 Å². The fourth-order valence-corrected chi connectivity index (χ4v) is 3.57. The number of carbonyl (C=O) groups excluding carboxylic acids is 2. The minimum absolute atomic E-state index is 0.283. The van der Waals surface area contributed by atoms with E-state index in [0.29, 0.717) is 13.0 Å². The van der Waals surface area contributed by atoms with Crippen LogP contribution < -0.4 is 5.32 Å². The molecule has 0 aromatic heterocycles. The summed E-state index contributed by atoms with van der Waals surface area (Å²) in [6.45, 7) is 8.75. The maximum Gasteiger partial charge on any atom is 0.407 e. The molecule has 0 unspecified atom stereocenters. The largest absolute Gasteiger partial charge is 0.464 e. The average Bonchev–Trinajstić information content (AvgIpc) is 2.70. The molecule has 5 nitrogen and oxygen atoms in total. The fourth-order valence-electron chi connectivity index (χ4n) is 3.57. The van der Waals surface area contributed by atoms with Gasteiger partial charge in [0, 0.05) is 0 Å². The second-order valence-corrected chi connectivity index (χ2v) is 8.81. The van der Waals surface area contributed by atoms with Gasteiger partial charge >= 0.3 is 12.1 Å². The standard InChI is InChI=1S/C25H49NO4/c1-5-7-8-9-10-11-12-13-14-15-16-17-18-19-20-30-24(27)23(21-22(3)4)26-25(28)29-6-2/h22-23H,5-21H2,1-4H3,(H,26,28)/t23-/m0/s1. The van der Waals surface area contributed by atoms with Gasteiger partial charge in [0.05, 0.1) is 13.2 Å². The number of hydrogen-bond donors (Lipinski definition) is 1. The molecule has 0 bridgehead atoms. The lowest BCUT2D eigenvalue weighted by Gasteiger charge is -2.19. The molecule has 0 aromatic carbocycles. The van der Waals surface area contributed by atoms with Gasteiger partial charge in [-0.2, -0.15) is 0 Å². The van der Waals surface area contributed by atoms with Crippen LogP contribution in [0.2, 0.25) is 0 Å². The van der Waals surface area contributed by atoms with Gasteiger partial charge in [-0.15, -0.1) is 0 Å². The summed E-state index contributed by atoms with van der Waals surface area (Å²) in [5.74, 6) is -0.0722. The van der Waals surface area contributed by atoms with E-state index in [-0.39, 0.29) is 18.5 Å². The Morgan fingerprint density at radius 2 is 1.17 bits per heavy atom. The molecular weight excluding hydrogens is 378 g/mol. The molecule has 1 amide bonds. The molecule has 0 spiro atoms. The van der Waals surface area contributed by atoms with Crippen LogP contribution >= 0.6 is 0 Å². The number of unbranched alkanes of at least 4 members (excludes halogenated alkanes) is 13. The van der Waals surface area contributed by atoms with Gasteiger partial charge in [-0.05, 0) is 25.7 Å². The summed E-state index contributed by atoms with van der Waals surface area (Å²) in [7, 11) is 0. The molecule has 5 heteroatoms. The fraction of sp³-hybridized carbons (Fsp3) is 0.920. The Hall–Kier alpha value is -1.26. The molecule has 0 saturated heterocycles. The lowest BCUT2D eigenvalue weighted by molar-refractivity contribution is -0.146. The Kier molecular flexibility index (Phi) is 20.1. The zero-order chi connectivity index (χ0) is 22.5. The van der Waals surface area contributed by atoms with E-state index in [1.165, 1.54) is 77.0 Å². The van der Waals surface area contributed by atoms with Gasteiger partial charge in [-0.3, -0.25) is 0 Å². The number of hydrogen-bond acceptors (Lipinski definition) is 4. The molecule has 0 heterocycles. The molecule has 0 saturated carbocycles. The third-order valence-electron chi connectivity index (χ3n) is 5.30. The van der Waals surface area contributed by atoms with Crippen molar-refractivity contribution in [1.82, 2.24) is 5.32 Å². The highest BCUT2D eigenvalue weighted by molar-refractivity contribution is 5.81. The van der Waals surface area contributed by atoms with Crippen LogP contribution in [0.15, 0.2) is 0 Å². The summed E-state index contributed by atoms with van der Waals surface area (Å²) < 4.78 is 10.3. The van der Waals surface area contributed by atoms with Gasteiger partial charge in [0.15, 0.2) is 0 Å². The number of amides is 1. The summed E-state index contributed by atoms with van der Waals surface area (Å²) in [4.78, 5) is 23.9. The molecule has 30 heavy (non-hydrogen) atoms. The molecule has 1 N–H and O–H groups in total. The van der Waals surface area contributed by atoms with Crippen molar-refractivity contribution in [3.8, 4) is 0 Å². The predicted octanol–water partition coefficient (Wildman–Crippen LogP) is 7.17. The van der Waals surface area contributed by atoms with Gasteiger partial charge in [0.2, 0.25) is 0 Å². The van der Waals surface area contributed by atoms with Crippen LogP contribution in [0.1, 0.15) is 124 Å². The monoisotopic (exact) mass is 427 g/mol. The van der Waals surface area contributed by atoms with Crippen molar-refractivity contribution >= 4 is 12.1 Å². The highest BCUT2D eigenvalue weighted by Gasteiger charge is 2.23. The third-order valence-corrected chi connectivity index (χ3v) is 5.30. The van der Waals surface area contributed by atoms with Crippen LogP contribution in [0, 0.1) is 5.92 Å². The van der Waals surface area contributed by atoms with Crippen molar-refractivity contribution in [1.29, 1.82) is 0 Å². The van der Waals surface area contributed by atoms with Crippen LogP contribution in [-0.2, 0) is 14.3 Å². The molecule has 0 aliphatic heterocycles. The molecule has 0 aliphatic carbocycles. The molecule has 0 aromatic rings. The van der Waals surface area contributed by atoms with E-state index in [4.69, 9.17) is 9.47 Å². The SMILES string of the molecule is CCCCCCCCCCCCCCCCOC(=O)[C@H](CC(C)C)NC(=O)OCC. The molecule has 0 aliphatic rings. The molecule has 1 atom stereocenters. The van der Waals surface area contributed by atoms with Crippen LogP contribution in [0.3, 0.4) is 0 Å². The van der Waals surface area contributed by atoms with Crippen LogP contribution in [0.4, 0.5) is 4.79 Å². The van der Waals surface area contributed by atoms with Crippen molar-refractivity contribution in [2.75, 3.05) is 13.2 Å². The number of rotatable bonds is 20. The van der Waals surface area contributed by atoms with E-state index in [0.717, 1.165) is 12.8 Å². The lowest BCUT2D eigenvalue weighted by atomic mass is 10.0. The summed E-state index contributed by atoms with van der Waals surface area (Å²) in [6.07, 6.45) is 18.2. The topological polar surface area (TPSA) is 64.6 Å². The van der Waals surface area contributed by atoms with Gasteiger partial charge in [-0.1, -0.05) is 104 Å². The first-order valence-electron chi connectivity index (χ1n) is 12.6. The van der Waals surface area contributed by atoms with E-state index < -0.39 is 12.1 Å². The molecular formula is C25H49NO4. The molecule has 0 radical (unpaired) electrons. The zero-order valence-corrected chi connectivity index (χ0v) is 20.3. The van der Waals surface area contributed by atoms with Gasteiger partial charge < -0.3 is 14.8 Å². The third kappa shape index (κ3) is 18.7. The Morgan fingerprint density at radius 3 is 1.60 bits per heavy atom. The smallest absolute Gasteiger partial charge is 0.407 e. The normalized spacial score (nSPS) is 12.0. The second-order valence-electron chi connectivity index (χ2n) is 8.81. The maximum absolute atomic E-state index is 12.3. The van der Waals surface area contributed by atoms with E-state index in [2.05, 4.69) is 12.2 Å². The number of nitrogens with one attached hydrogen (secondary N) is 1. The first kappa shape index (κ1) is 28.7. The Morgan fingerprint density at radius 1 is 0.700 bits per heavy atom. The number of alkyl carbamates (subject to hydrolysis) is 1. The highest BCUT2D eigenvalue weighted by Crippen LogP contribution is 2.13. The van der Waals surface area contributed by atoms with Crippen molar-refractivity contribution in [2.45, 2.75) is 130 Å². The Labute approximate surface area is 186 Å². The number of esters is 1. The average molecular weight is 428 g/mol. The highest BCUT2D eigenvalue weighted by atomic mass is 16.6. The first-order chi connectivity index (χ1) is 14.5.